The van der Waals surface area contributed by atoms with E-state index in [9.17, 15) is 0 Å². The van der Waals surface area contributed by atoms with Crippen LogP contribution in [0.15, 0.2) is 218 Å². The summed E-state index contributed by atoms with van der Waals surface area (Å²) in [4.78, 5) is 20.6. The summed E-state index contributed by atoms with van der Waals surface area (Å²) in [7, 11) is 0. The molecule has 0 radical (unpaired) electrons. The molecule has 0 saturated heterocycles. The highest BCUT2D eigenvalue weighted by Gasteiger charge is 2.35. The molecule has 0 fully saturated rings. The van der Waals surface area contributed by atoms with Crippen LogP contribution in [0.25, 0.3) is 118 Å². The zero-order chi connectivity index (χ0) is 51.4. The predicted molar refractivity (Wildman–Crippen MR) is 299 cm³/mol. The summed E-state index contributed by atoms with van der Waals surface area (Å²) in [5, 5.41) is 1.86. The number of hydrogen-bond acceptors (Lipinski definition) is 4. The summed E-state index contributed by atoms with van der Waals surface area (Å²) in [6.45, 7) is 8.43. The number of rotatable bonds is 9. The lowest BCUT2D eigenvalue weighted by molar-refractivity contribution is -0.137. The highest BCUT2D eigenvalue weighted by atomic mass is 19.4. The van der Waals surface area contributed by atoms with Crippen LogP contribution in [0.2, 0.25) is 0 Å². The number of aryl methyl sites for hydroxylation is 4. The van der Waals surface area contributed by atoms with Gasteiger partial charge in [-0.15, -0.1) is 0 Å². The van der Waals surface area contributed by atoms with Crippen LogP contribution in [-0.4, -0.2) is 24.5 Å². The van der Waals surface area contributed by atoms with Gasteiger partial charge in [-0.1, -0.05) is 181 Å². The fourth-order valence-corrected chi connectivity index (χ4v) is 10.4. The Kier molecular flexibility index (Phi) is 11.8. The fourth-order valence-electron chi connectivity index (χ4n) is 10.4. The van der Waals surface area contributed by atoms with Crippen LogP contribution in [-0.2, 0) is 6.18 Å². The first-order valence-corrected chi connectivity index (χ1v) is 24.9. The number of aromatic nitrogens is 5. The molecule has 12 rings (SSSR count). The quantitative estimate of drug-likeness (QED) is 0.145. The van der Waals surface area contributed by atoms with E-state index >= 15 is 13.2 Å². The van der Waals surface area contributed by atoms with Crippen molar-refractivity contribution in [2.24, 2.45) is 0 Å². The molecule has 0 spiro atoms. The Labute approximate surface area is 433 Å². The Bertz CT molecular complexity index is 3760. The maximum atomic E-state index is 16.0. The van der Waals surface area contributed by atoms with E-state index in [-0.39, 0.29) is 11.1 Å². The molecular weight excluding hydrogens is 932 g/mol. The van der Waals surface area contributed by atoms with Gasteiger partial charge in [0.25, 0.3) is 0 Å². The summed E-state index contributed by atoms with van der Waals surface area (Å²) in [6.07, 6.45) is -4.78. The third kappa shape index (κ3) is 8.95. The smallest absolute Gasteiger partial charge is 0.308 e. The molecule has 3 aromatic heterocycles. The molecule has 9 aromatic carbocycles. The Morgan fingerprint density at radius 1 is 0.333 bits per heavy atom. The minimum absolute atomic E-state index is 0.244. The molecule has 362 valence electrons. The molecule has 0 bridgehead atoms. The van der Waals surface area contributed by atoms with Gasteiger partial charge in [-0.25, -0.2) is 19.9 Å². The van der Waals surface area contributed by atoms with Crippen molar-refractivity contribution in [2.45, 2.75) is 33.9 Å². The molecule has 12 aromatic rings. The third-order valence-corrected chi connectivity index (χ3v) is 14.0. The second-order valence-corrected chi connectivity index (χ2v) is 19.2. The lowest BCUT2D eigenvalue weighted by Gasteiger charge is -2.22. The van der Waals surface area contributed by atoms with E-state index in [1.807, 2.05) is 121 Å². The largest absolute Gasteiger partial charge is 0.416 e. The number of nitrogens with zero attached hydrogens (tertiary/aromatic N) is 5. The molecule has 5 nitrogen and oxygen atoms in total. The van der Waals surface area contributed by atoms with E-state index in [0.29, 0.717) is 40.1 Å². The van der Waals surface area contributed by atoms with E-state index in [1.165, 1.54) is 23.3 Å². The van der Waals surface area contributed by atoms with Crippen molar-refractivity contribution in [3.63, 3.8) is 0 Å². The van der Waals surface area contributed by atoms with E-state index in [2.05, 4.69) is 105 Å². The molecule has 0 atom stereocenters. The highest BCUT2D eigenvalue weighted by molar-refractivity contribution is 6.13. The molecule has 0 aliphatic rings. The molecule has 8 heteroatoms. The molecular formula is C67H48F3N5. The fraction of sp³-hybridized carbons (Fsp3) is 0.0746. The summed E-state index contributed by atoms with van der Waals surface area (Å²) in [5.41, 5.74) is 15.3. The SMILES string of the molecule is Cc1ccc(-c2ccc3c(c2)c2cc(-c4ccc(C)cc4C)ccc2n3-c2c(-c3cc(-c4ccccc4)nc(-c4ccccc4)n3)cc(C(F)(F)F)cc2-c2cc(-c3ccccc3)nc(-c3ccccc3)n2)c(C)c1. The Morgan fingerprint density at radius 2 is 0.707 bits per heavy atom. The summed E-state index contributed by atoms with van der Waals surface area (Å²) in [5.74, 6) is 0.741. The van der Waals surface area contributed by atoms with Crippen LogP contribution >= 0.6 is 0 Å². The lowest BCUT2D eigenvalue weighted by atomic mass is 9.95. The first-order valence-electron chi connectivity index (χ1n) is 24.9. The molecule has 0 aliphatic carbocycles. The van der Waals surface area contributed by atoms with Crippen molar-refractivity contribution in [1.29, 1.82) is 0 Å². The Hall–Kier alpha value is -9.27. The second-order valence-electron chi connectivity index (χ2n) is 19.2. The van der Waals surface area contributed by atoms with Crippen molar-refractivity contribution in [3.8, 4) is 95.7 Å². The van der Waals surface area contributed by atoms with E-state index in [4.69, 9.17) is 19.9 Å². The first-order chi connectivity index (χ1) is 36.4. The van der Waals surface area contributed by atoms with Crippen molar-refractivity contribution in [1.82, 2.24) is 24.5 Å². The van der Waals surface area contributed by atoms with Gasteiger partial charge < -0.3 is 4.57 Å². The number of alkyl halides is 3. The van der Waals surface area contributed by atoms with Gasteiger partial charge >= 0.3 is 6.18 Å². The maximum absolute atomic E-state index is 16.0. The monoisotopic (exact) mass is 979 g/mol. The van der Waals surface area contributed by atoms with Gasteiger partial charge in [0.2, 0.25) is 0 Å². The average Bonchev–Trinajstić information content (AvgIpc) is 3.75. The summed E-state index contributed by atoms with van der Waals surface area (Å²) in [6, 6.07) is 70.3. The van der Waals surface area contributed by atoms with E-state index in [1.54, 1.807) is 12.1 Å². The van der Waals surface area contributed by atoms with Gasteiger partial charge in [0, 0.05) is 44.2 Å². The molecule has 0 saturated carbocycles. The standard InChI is InChI=1S/C67H48F3N5/c1-41-25-29-52(43(3)33-41)49-27-31-62-54(35-49)55-36-50(53-30-26-42(2)34-44(53)4)28-32-63(55)75(62)64-56(60-39-58(45-17-9-5-10-18-45)71-65(73-60)47-21-13-7-14-22-47)37-51(67(68,69)70)38-57(64)61-40-59(46-19-11-6-12-20-46)72-66(74-61)48-23-15-8-16-24-48/h5-40H,1-4H3. The van der Waals surface area contributed by atoms with Gasteiger partial charge in [0.15, 0.2) is 11.6 Å². The van der Waals surface area contributed by atoms with Crippen molar-refractivity contribution in [3.05, 3.63) is 246 Å². The number of halogens is 3. The first kappa shape index (κ1) is 46.8. The van der Waals surface area contributed by atoms with E-state index < -0.39 is 11.7 Å². The lowest BCUT2D eigenvalue weighted by Crippen LogP contribution is -2.10. The Morgan fingerprint density at radius 3 is 1.08 bits per heavy atom. The number of fused-ring (bicyclic) bond motifs is 3. The maximum Gasteiger partial charge on any atom is 0.416 e. The number of hydrogen-bond donors (Lipinski definition) is 0. The third-order valence-electron chi connectivity index (χ3n) is 14.0. The van der Waals surface area contributed by atoms with Gasteiger partial charge in [-0.3, -0.25) is 0 Å². The number of benzene rings is 9. The molecule has 0 unspecified atom stereocenters. The molecule has 0 aliphatic heterocycles. The normalized spacial score (nSPS) is 11.7. The zero-order valence-corrected chi connectivity index (χ0v) is 41.7. The predicted octanol–water partition coefficient (Wildman–Crippen LogP) is 18.0. The van der Waals surface area contributed by atoms with Crippen molar-refractivity contribution < 1.29 is 13.2 Å². The second kappa shape index (κ2) is 19.0. The minimum Gasteiger partial charge on any atom is -0.308 e. The summed E-state index contributed by atoms with van der Waals surface area (Å²) >= 11 is 0. The summed E-state index contributed by atoms with van der Waals surface area (Å²) < 4.78 is 50.1. The van der Waals surface area contributed by atoms with Crippen LogP contribution in [0.1, 0.15) is 27.8 Å². The Balaban J connectivity index is 1.25. The van der Waals surface area contributed by atoms with E-state index in [0.717, 1.165) is 77.4 Å². The molecule has 75 heavy (non-hydrogen) atoms. The van der Waals surface area contributed by atoms with Crippen molar-refractivity contribution >= 4 is 21.8 Å². The zero-order valence-electron chi connectivity index (χ0n) is 41.7. The van der Waals surface area contributed by atoms with Crippen LogP contribution in [0.3, 0.4) is 0 Å². The topological polar surface area (TPSA) is 56.5 Å². The van der Waals surface area contributed by atoms with Crippen LogP contribution in [0.5, 0.6) is 0 Å². The highest BCUT2D eigenvalue weighted by Crippen LogP contribution is 2.47. The molecule has 0 N–H and O–H groups in total. The minimum atomic E-state index is -4.78. The molecule has 0 amide bonds. The van der Waals surface area contributed by atoms with Crippen LogP contribution < -0.4 is 0 Å². The van der Waals surface area contributed by atoms with Gasteiger partial charge in [-0.2, -0.15) is 13.2 Å². The van der Waals surface area contributed by atoms with Crippen LogP contribution in [0.4, 0.5) is 13.2 Å². The van der Waals surface area contributed by atoms with Gasteiger partial charge in [0.05, 0.1) is 45.1 Å². The molecule has 3 heterocycles. The van der Waals surface area contributed by atoms with Gasteiger partial charge in [0.1, 0.15) is 0 Å². The van der Waals surface area contributed by atoms with Crippen LogP contribution in [0, 0.1) is 27.7 Å². The van der Waals surface area contributed by atoms with Crippen molar-refractivity contribution in [2.75, 3.05) is 0 Å². The van der Waals surface area contributed by atoms with Gasteiger partial charge in [-0.05, 0) is 110 Å². The average molecular weight is 980 g/mol.